The Labute approximate surface area is 85.3 Å². The average molecular weight is 191 g/mol. The molecule has 0 spiro atoms. The van der Waals surface area contributed by atoms with E-state index in [-0.39, 0.29) is 5.91 Å². The fraction of sp³-hybridized carbons (Fsp3) is 0.417. The second kappa shape index (κ2) is 5.43. The molecule has 0 aromatic heterocycles. The number of hydrogen-bond donors (Lipinski definition) is 1. The van der Waals surface area contributed by atoms with Crippen LogP contribution < -0.4 is 5.32 Å². The molecule has 0 radical (unpaired) electrons. The molecule has 0 saturated heterocycles. The lowest BCUT2D eigenvalue weighted by molar-refractivity contribution is -0.119. The summed E-state index contributed by atoms with van der Waals surface area (Å²) in [6.07, 6.45) is 1.01. The van der Waals surface area contributed by atoms with Gasteiger partial charge >= 0.3 is 0 Å². The smallest absolute Gasteiger partial charge is 0.216 e. The summed E-state index contributed by atoms with van der Waals surface area (Å²) in [5, 5.41) is 2.83. The lowest BCUT2D eigenvalue weighted by Gasteiger charge is -2.11. The van der Waals surface area contributed by atoms with E-state index in [1.165, 1.54) is 5.56 Å². The molecule has 0 aliphatic rings. The van der Waals surface area contributed by atoms with Crippen LogP contribution >= 0.6 is 0 Å². The molecule has 0 aliphatic carbocycles. The number of nitrogens with one attached hydrogen (secondary N) is 1. The van der Waals surface area contributed by atoms with Gasteiger partial charge in [-0.3, -0.25) is 4.79 Å². The van der Waals surface area contributed by atoms with Gasteiger partial charge in [-0.1, -0.05) is 37.3 Å². The van der Waals surface area contributed by atoms with Gasteiger partial charge in [0.2, 0.25) is 5.91 Å². The zero-order chi connectivity index (χ0) is 10.4. The highest BCUT2D eigenvalue weighted by Gasteiger charge is 2.03. The van der Waals surface area contributed by atoms with Crippen molar-refractivity contribution in [3.05, 3.63) is 35.9 Å². The van der Waals surface area contributed by atoms with Crippen molar-refractivity contribution in [3.8, 4) is 0 Å². The molecular weight excluding hydrogens is 174 g/mol. The van der Waals surface area contributed by atoms with Crippen LogP contribution in [0.2, 0.25) is 0 Å². The first-order chi connectivity index (χ1) is 6.68. The summed E-state index contributed by atoms with van der Waals surface area (Å²) in [6.45, 7) is 4.45. The Morgan fingerprint density at radius 1 is 1.36 bits per heavy atom. The molecule has 0 heterocycles. The lowest BCUT2D eigenvalue weighted by Crippen LogP contribution is -2.26. The Morgan fingerprint density at radius 3 is 2.57 bits per heavy atom. The Hall–Kier alpha value is -1.31. The zero-order valence-electron chi connectivity index (χ0n) is 8.79. The molecule has 1 amide bonds. The number of benzene rings is 1. The van der Waals surface area contributed by atoms with E-state index in [0.29, 0.717) is 5.92 Å². The van der Waals surface area contributed by atoms with Gasteiger partial charge in [0, 0.05) is 13.5 Å². The van der Waals surface area contributed by atoms with E-state index in [9.17, 15) is 4.79 Å². The summed E-state index contributed by atoms with van der Waals surface area (Å²) >= 11 is 0. The van der Waals surface area contributed by atoms with Crippen LogP contribution in [0.5, 0.6) is 0 Å². The van der Waals surface area contributed by atoms with Gasteiger partial charge < -0.3 is 5.32 Å². The van der Waals surface area contributed by atoms with Gasteiger partial charge in [0.15, 0.2) is 0 Å². The first kappa shape index (κ1) is 10.8. The van der Waals surface area contributed by atoms with Crippen LogP contribution in [-0.4, -0.2) is 12.5 Å². The minimum Gasteiger partial charge on any atom is -0.356 e. The molecule has 0 aliphatic heterocycles. The van der Waals surface area contributed by atoms with Gasteiger partial charge in [0.25, 0.3) is 0 Å². The summed E-state index contributed by atoms with van der Waals surface area (Å²) < 4.78 is 0. The van der Waals surface area contributed by atoms with E-state index >= 15 is 0 Å². The third-order valence-electron chi connectivity index (χ3n) is 2.13. The first-order valence-corrected chi connectivity index (χ1v) is 4.97. The minimum atomic E-state index is 0.0462. The van der Waals surface area contributed by atoms with Gasteiger partial charge in [-0.15, -0.1) is 0 Å². The van der Waals surface area contributed by atoms with E-state index in [0.717, 1.165) is 13.0 Å². The molecular formula is C12H17NO. The molecule has 1 N–H and O–H groups in total. The van der Waals surface area contributed by atoms with Crippen LogP contribution in [0, 0.1) is 5.92 Å². The van der Waals surface area contributed by atoms with Gasteiger partial charge in [0.05, 0.1) is 0 Å². The predicted molar refractivity (Wildman–Crippen MR) is 58.0 cm³/mol. The Bertz CT molecular complexity index is 282. The number of hydrogen-bond acceptors (Lipinski definition) is 1. The topological polar surface area (TPSA) is 29.1 Å². The van der Waals surface area contributed by atoms with Gasteiger partial charge in [-0.25, -0.2) is 0 Å². The van der Waals surface area contributed by atoms with Crippen molar-refractivity contribution in [2.75, 3.05) is 6.54 Å². The van der Waals surface area contributed by atoms with Crippen molar-refractivity contribution in [3.63, 3.8) is 0 Å². The van der Waals surface area contributed by atoms with E-state index in [1.54, 1.807) is 6.92 Å². The van der Waals surface area contributed by atoms with Crippen molar-refractivity contribution in [2.45, 2.75) is 20.3 Å². The first-order valence-electron chi connectivity index (χ1n) is 4.97. The summed E-state index contributed by atoms with van der Waals surface area (Å²) in [5.74, 6) is 0.534. The van der Waals surface area contributed by atoms with E-state index in [2.05, 4.69) is 24.4 Å². The zero-order valence-corrected chi connectivity index (χ0v) is 8.79. The minimum absolute atomic E-state index is 0.0462. The quantitative estimate of drug-likeness (QED) is 0.775. The molecule has 0 bridgehead atoms. The molecule has 1 atom stereocenters. The fourth-order valence-electron chi connectivity index (χ4n) is 1.41. The Balaban J connectivity index is 2.34. The predicted octanol–water partition coefficient (Wildman–Crippen LogP) is 2.00. The molecule has 1 aromatic rings. The number of amides is 1. The summed E-state index contributed by atoms with van der Waals surface area (Å²) in [4.78, 5) is 10.7. The van der Waals surface area contributed by atoms with Gasteiger partial charge in [-0.2, -0.15) is 0 Å². The second-order valence-electron chi connectivity index (χ2n) is 3.73. The van der Waals surface area contributed by atoms with E-state index in [4.69, 9.17) is 0 Å². The Morgan fingerprint density at radius 2 is 2.00 bits per heavy atom. The SMILES string of the molecule is CC(=O)NC[C@@H](C)Cc1ccccc1. The third kappa shape index (κ3) is 4.08. The van der Waals surface area contributed by atoms with Crippen LogP contribution in [0.4, 0.5) is 0 Å². The molecule has 2 heteroatoms. The molecule has 76 valence electrons. The van der Waals surface area contributed by atoms with Gasteiger partial charge in [0.1, 0.15) is 0 Å². The Kier molecular flexibility index (Phi) is 4.17. The van der Waals surface area contributed by atoms with Crippen molar-refractivity contribution in [1.82, 2.24) is 5.32 Å². The standard InChI is InChI=1S/C12H17NO/c1-10(9-13-11(2)14)8-12-6-4-3-5-7-12/h3-7,10H,8-9H2,1-2H3,(H,13,14)/t10-/m0/s1. The van der Waals surface area contributed by atoms with Crippen LogP contribution in [-0.2, 0) is 11.2 Å². The highest BCUT2D eigenvalue weighted by Crippen LogP contribution is 2.06. The van der Waals surface area contributed by atoms with Crippen molar-refractivity contribution in [2.24, 2.45) is 5.92 Å². The normalized spacial score (nSPS) is 12.1. The summed E-state index contributed by atoms with van der Waals surface area (Å²) in [6, 6.07) is 10.3. The molecule has 14 heavy (non-hydrogen) atoms. The van der Waals surface area contributed by atoms with Crippen molar-refractivity contribution < 1.29 is 4.79 Å². The van der Waals surface area contributed by atoms with Crippen LogP contribution in [0.15, 0.2) is 30.3 Å². The van der Waals surface area contributed by atoms with Gasteiger partial charge in [-0.05, 0) is 17.9 Å². The molecule has 0 unspecified atom stereocenters. The monoisotopic (exact) mass is 191 g/mol. The molecule has 1 aromatic carbocycles. The molecule has 0 fully saturated rings. The van der Waals surface area contributed by atoms with Crippen LogP contribution in [0.3, 0.4) is 0 Å². The van der Waals surface area contributed by atoms with E-state index < -0.39 is 0 Å². The van der Waals surface area contributed by atoms with Crippen LogP contribution in [0.25, 0.3) is 0 Å². The number of rotatable bonds is 4. The highest BCUT2D eigenvalue weighted by atomic mass is 16.1. The maximum Gasteiger partial charge on any atom is 0.216 e. The maximum absolute atomic E-state index is 10.7. The van der Waals surface area contributed by atoms with Crippen LogP contribution in [0.1, 0.15) is 19.4 Å². The highest BCUT2D eigenvalue weighted by molar-refractivity contribution is 5.72. The molecule has 1 rings (SSSR count). The third-order valence-corrected chi connectivity index (χ3v) is 2.13. The summed E-state index contributed by atoms with van der Waals surface area (Å²) in [7, 11) is 0. The average Bonchev–Trinajstić information content (AvgIpc) is 2.16. The maximum atomic E-state index is 10.7. The van der Waals surface area contributed by atoms with Crippen molar-refractivity contribution >= 4 is 5.91 Å². The molecule has 0 saturated carbocycles. The number of carbonyl (C=O) groups excluding carboxylic acids is 1. The number of carbonyl (C=O) groups is 1. The van der Waals surface area contributed by atoms with Crippen molar-refractivity contribution in [1.29, 1.82) is 0 Å². The molecule has 2 nitrogen and oxygen atoms in total. The lowest BCUT2D eigenvalue weighted by atomic mass is 10.0. The second-order valence-corrected chi connectivity index (χ2v) is 3.73. The summed E-state index contributed by atoms with van der Waals surface area (Å²) in [5.41, 5.74) is 1.32. The largest absolute Gasteiger partial charge is 0.356 e. The van der Waals surface area contributed by atoms with E-state index in [1.807, 2.05) is 18.2 Å². The fourth-order valence-corrected chi connectivity index (χ4v) is 1.41.